The van der Waals surface area contributed by atoms with Gasteiger partial charge in [-0.25, -0.2) is 0 Å². The lowest BCUT2D eigenvalue weighted by atomic mass is 9.85. The standard InChI is InChI=1S/C16H16N2/c17-11-14(12-18)16-10-6-2-5-9-15(16)13-7-3-1-4-8-13/h1,3-4,7-8,15H,2,5-6,9-10H2. The SMILES string of the molecule is N#CC(C#N)=C1CCCCCC1c1ccccc1. The summed E-state index contributed by atoms with van der Waals surface area (Å²) in [7, 11) is 0. The maximum Gasteiger partial charge on any atom is 0.129 e. The lowest BCUT2D eigenvalue weighted by Gasteiger charge is -2.18. The molecule has 0 N–H and O–H groups in total. The second-order valence-corrected chi connectivity index (χ2v) is 4.69. The zero-order chi connectivity index (χ0) is 12.8. The minimum Gasteiger partial charge on any atom is -0.192 e. The molecule has 2 heteroatoms. The number of hydrogen-bond donors (Lipinski definition) is 0. The molecule has 1 fully saturated rings. The van der Waals surface area contributed by atoms with Gasteiger partial charge in [0, 0.05) is 5.92 Å². The van der Waals surface area contributed by atoms with Crippen molar-refractivity contribution in [2.75, 3.05) is 0 Å². The topological polar surface area (TPSA) is 47.6 Å². The first-order valence-electron chi connectivity index (χ1n) is 6.45. The number of nitrogens with zero attached hydrogens (tertiary/aromatic N) is 2. The van der Waals surface area contributed by atoms with E-state index < -0.39 is 0 Å². The van der Waals surface area contributed by atoms with Crippen molar-refractivity contribution in [1.29, 1.82) is 10.5 Å². The van der Waals surface area contributed by atoms with Crippen LogP contribution in [0.3, 0.4) is 0 Å². The Hall–Kier alpha value is -2.06. The van der Waals surface area contributed by atoms with Gasteiger partial charge in [-0.05, 0) is 30.4 Å². The van der Waals surface area contributed by atoms with Crippen molar-refractivity contribution in [2.45, 2.75) is 38.0 Å². The third-order valence-corrected chi connectivity index (χ3v) is 3.61. The Bertz CT molecular complexity index is 498. The average molecular weight is 236 g/mol. The average Bonchev–Trinajstić information content (AvgIpc) is 2.67. The number of nitriles is 2. The summed E-state index contributed by atoms with van der Waals surface area (Å²) >= 11 is 0. The van der Waals surface area contributed by atoms with Gasteiger partial charge in [-0.15, -0.1) is 0 Å². The van der Waals surface area contributed by atoms with Crippen LogP contribution >= 0.6 is 0 Å². The Kier molecular flexibility index (Phi) is 4.15. The highest BCUT2D eigenvalue weighted by Gasteiger charge is 2.22. The van der Waals surface area contributed by atoms with Crippen molar-refractivity contribution >= 4 is 0 Å². The Morgan fingerprint density at radius 1 is 1.00 bits per heavy atom. The Morgan fingerprint density at radius 2 is 1.72 bits per heavy atom. The van der Waals surface area contributed by atoms with Gasteiger partial charge in [-0.2, -0.15) is 10.5 Å². The zero-order valence-electron chi connectivity index (χ0n) is 10.4. The van der Waals surface area contributed by atoms with E-state index in [1.165, 1.54) is 18.4 Å². The second kappa shape index (κ2) is 6.03. The molecule has 2 nitrogen and oxygen atoms in total. The summed E-state index contributed by atoms with van der Waals surface area (Å²) < 4.78 is 0. The van der Waals surface area contributed by atoms with Gasteiger partial charge in [-0.3, -0.25) is 0 Å². The minimum atomic E-state index is 0.253. The molecule has 1 atom stereocenters. The largest absolute Gasteiger partial charge is 0.192 e. The summed E-state index contributed by atoms with van der Waals surface area (Å²) in [6.45, 7) is 0. The van der Waals surface area contributed by atoms with Crippen LogP contribution in [0.25, 0.3) is 0 Å². The molecule has 18 heavy (non-hydrogen) atoms. The number of rotatable bonds is 1. The molecule has 0 amide bonds. The first-order valence-corrected chi connectivity index (χ1v) is 6.45. The van der Waals surface area contributed by atoms with Crippen LogP contribution in [0.15, 0.2) is 41.5 Å². The van der Waals surface area contributed by atoms with E-state index in [1.807, 2.05) is 18.2 Å². The normalized spacial score (nSPS) is 19.4. The van der Waals surface area contributed by atoms with Gasteiger partial charge >= 0.3 is 0 Å². The van der Waals surface area contributed by atoms with E-state index in [-0.39, 0.29) is 5.92 Å². The van der Waals surface area contributed by atoms with Crippen LogP contribution in [0.4, 0.5) is 0 Å². The third-order valence-electron chi connectivity index (χ3n) is 3.61. The molecule has 1 unspecified atom stereocenters. The fourth-order valence-electron chi connectivity index (χ4n) is 2.71. The summed E-state index contributed by atoms with van der Waals surface area (Å²) in [5.74, 6) is 0.253. The van der Waals surface area contributed by atoms with Gasteiger partial charge in [0.15, 0.2) is 0 Å². The fourth-order valence-corrected chi connectivity index (χ4v) is 2.71. The van der Waals surface area contributed by atoms with Crippen LogP contribution < -0.4 is 0 Å². The van der Waals surface area contributed by atoms with Crippen molar-refractivity contribution in [3.05, 3.63) is 47.0 Å². The maximum atomic E-state index is 9.10. The highest BCUT2D eigenvalue weighted by Crippen LogP contribution is 2.37. The molecule has 90 valence electrons. The summed E-state index contributed by atoms with van der Waals surface area (Å²) in [6, 6.07) is 14.4. The monoisotopic (exact) mass is 236 g/mol. The first kappa shape index (κ1) is 12.4. The predicted molar refractivity (Wildman–Crippen MR) is 70.5 cm³/mol. The van der Waals surface area contributed by atoms with Gasteiger partial charge in [0.2, 0.25) is 0 Å². The van der Waals surface area contributed by atoms with E-state index in [0.29, 0.717) is 5.57 Å². The van der Waals surface area contributed by atoms with Crippen molar-refractivity contribution in [3.63, 3.8) is 0 Å². The maximum absolute atomic E-state index is 9.10. The first-order chi connectivity index (χ1) is 8.86. The van der Waals surface area contributed by atoms with Crippen LogP contribution in [0.2, 0.25) is 0 Å². The van der Waals surface area contributed by atoms with E-state index in [0.717, 1.165) is 24.8 Å². The van der Waals surface area contributed by atoms with E-state index in [1.54, 1.807) is 0 Å². The molecule has 1 aromatic carbocycles. The summed E-state index contributed by atoms with van der Waals surface area (Å²) in [5, 5.41) is 18.2. The van der Waals surface area contributed by atoms with Crippen molar-refractivity contribution in [2.24, 2.45) is 0 Å². The number of hydrogen-bond acceptors (Lipinski definition) is 2. The molecule has 0 aromatic heterocycles. The van der Waals surface area contributed by atoms with E-state index in [9.17, 15) is 0 Å². The molecule has 1 saturated carbocycles. The van der Waals surface area contributed by atoms with Gasteiger partial charge in [0.1, 0.15) is 17.7 Å². The van der Waals surface area contributed by atoms with Crippen molar-refractivity contribution < 1.29 is 0 Å². The minimum absolute atomic E-state index is 0.253. The molecule has 1 aliphatic rings. The van der Waals surface area contributed by atoms with Crippen LogP contribution in [0.5, 0.6) is 0 Å². The van der Waals surface area contributed by atoms with Gasteiger partial charge < -0.3 is 0 Å². The Morgan fingerprint density at radius 3 is 2.39 bits per heavy atom. The quantitative estimate of drug-likeness (QED) is 0.545. The Balaban J connectivity index is 2.44. The molecule has 0 heterocycles. The molecule has 0 spiro atoms. The van der Waals surface area contributed by atoms with Crippen molar-refractivity contribution in [3.8, 4) is 12.1 Å². The predicted octanol–water partition coefficient (Wildman–Crippen LogP) is 4.08. The molecular formula is C16H16N2. The van der Waals surface area contributed by atoms with Crippen LogP contribution in [0.1, 0.15) is 43.6 Å². The molecule has 0 bridgehead atoms. The lowest BCUT2D eigenvalue weighted by molar-refractivity contribution is 0.661. The molecule has 0 saturated heterocycles. The van der Waals surface area contributed by atoms with Gasteiger partial charge in [0.05, 0.1) is 0 Å². The summed E-state index contributed by atoms with van der Waals surface area (Å²) in [6.07, 6.45) is 5.39. The lowest BCUT2D eigenvalue weighted by Crippen LogP contribution is -2.03. The molecule has 2 rings (SSSR count). The van der Waals surface area contributed by atoms with Crippen LogP contribution in [-0.2, 0) is 0 Å². The third kappa shape index (κ3) is 2.60. The van der Waals surface area contributed by atoms with E-state index in [4.69, 9.17) is 10.5 Å². The second-order valence-electron chi connectivity index (χ2n) is 4.69. The van der Waals surface area contributed by atoms with Gasteiger partial charge in [-0.1, -0.05) is 43.2 Å². The summed E-state index contributed by atoms with van der Waals surface area (Å²) in [5.41, 5.74) is 2.60. The smallest absolute Gasteiger partial charge is 0.129 e. The fraction of sp³-hybridized carbons (Fsp3) is 0.375. The number of benzene rings is 1. The molecule has 0 aliphatic heterocycles. The summed E-state index contributed by atoms with van der Waals surface area (Å²) in [4.78, 5) is 0. The molecule has 1 aliphatic carbocycles. The molecule has 0 radical (unpaired) electrons. The van der Waals surface area contributed by atoms with Gasteiger partial charge in [0.25, 0.3) is 0 Å². The van der Waals surface area contributed by atoms with E-state index >= 15 is 0 Å². The zero-order valence-corrected chi connectivity index (χ0v) is 10.4. The molecule has 1 aromatic rings. The molecular weight excluding hydrogens is 220 g/mol. The van der Waals surface area contributed by atoms with Crippen LogP contribution in [-0.4, -0.2) is 0 Å². The number of allylic oxidation sites excluding steroid dienone is 2. The van der Waals surface area contributed by atoms with Crippen LogP contribution in [0, 0.1) is 22.7 Å². The Labute approximate surface area is 108 Å². The highest BCUT2D eigenvalue weighted by atomic mass is 14.3. The van der Waals surface area contributed by atoms with E-state index in [2.05, 4.69) is 24.3 Å². The highest BCUT2D eigenvalue weighted by molar-refractivity contribution is 5.45. The van der Waals surface area contributed by atoms with Crippen molar-refractivity contribution in [1.82, 2.24) is 0 Å².